The lowest BCUT2D eigenvalue weighted by Crippen LogP contribution is -2.21. The first-order valence-electron chi connectivity index (χ1n) is 8.52. The highest BCUT2D eigenvalue weighted by molar-refractivity contribution is 5.90. The minimum atomic E-state index is -0.262. The molecule has 2 aromatic carbocycles. The van der Waals surface area contributed by atoms with Crippen LogP contribution in [0.2, 0.25) is 0 Å². The Hall–Kier alpha value is -3.68. The Kier molecular flexibility index (Phi) is 4.52. The first-order chi connectivity index (χ1) is 13.2. The second-order valence-electron chi connectivity index (χ2n) is 6.03. The van der Waals surface area contributed by atoms with Crippen molar-refractivity contribution in [1.29, 1.82) is 0 Å². The zero-order chi connectivity index (χ0) is 18.6. The molecule has 0 bridgehead atoms. The molecule has 0 spiro atoms. The molecule has 0 radical (unpaired) electrons. The standard InChI is InChI=1S/C19H18N6O2/c1-13-21-18(24-27-13)23-17(26)12-25-16-10-6-5-9-15(16)22-19(25)20-11-14-7-3-2-4-8-14/h2-10H,11-12H2,1H3,(H,20,22)(H,23,24,26). The summed E-state index contributed by atoms with van der Waals surface area (Å²) in [6.07, 6.45) is 0. The molecular weight excluding hydrogens is 344 g/mol. The molecule has 0 aliphatic rings. The lowest BCUT2D eigenvalue weighted by molar-refractivity contribution is -0.116. The van der Waals surface area contributed by atoms with Crippen molar-refractivity contribution in [2.45, 2.75) is 20.0 Å². The Bertz CT molecular complexity index is 1070. The number of nitrogens with zero attached hydrogens (tertiary/aromatic N) is 4. The predicted molar refractivity (Wildman–Crippen MR) is 101 cm³/mol. The number of aromatic nitrogens is 4. The molecule has 4 aromatic rings. The summed E-state index contributed by atoms with van der Waals surface area (Å²) in [5, 5.41) is 9.64. The van der Waals surface area contributed by atoms with Crippen LogP contribution in [0.15, 0.2) is 59.1 Å². The molecule has 0 unspecified atom stereocenters. The number of anilines is 2. The third-order valence-corrected chi connectivity index (χ3v) is 4.03. The van der Waals surface area contributed by atoms with Crippen LogP contribution >= 0.6 is 0 Å². The number of carbonyl (C=O) groups excluding carboxylic acids is 1. The highest BCUT2D eigenvalue weighted by Crippen LogP contribution is 2.20. The first kappa shape index (κ1) is 16.8. The van der Waals surface area contributed by atoms with Gasteiger partial charge in [-0.15, -0.1) is 0 Å². The number of hydrogen-bond donors (Lipinski definition) is 2. The average molecular weight is 362 g/mol. The number of amides is 1. The summed E-state index contributed by atoms with van der Waals surface area (Å²) in [5.74, 6) is 0.908. The SMILES string of the molecule is Cc1nc(NC(=O)Cn2c(NCc3ccccc3)nc3ccccc32)no1. The molecule has 1 amide bonds. The van der Waals surface area contributed by atoms with E-state index < -0.39 is 0 Å². The lowest BCUT2D eigenvalue weighted by Gasteiger charge is -2.10. The topological polar surface area (TPSA) is 97.9 Å². The van der Waals surface area contributed by atoms with Gasteiger partial charge in [0.25, 0.3) is 5.95 Å². The molecule has 0 saturated heterocycles. The van der Waals surface area contributed by atoms with Gasteiger partial charge in [0.2, 0.25) is 17.7 Å². The Morgan fingerprint density at radius 1 is 1.07 bits per heavy atom. The molecule has 2 aromatic heterocycles. The van der Waals surface area contributed by atoms with E-state index in [4.69, 9.17) is 4.52 Å². The summed E-state index contributed by atoms with van der Waals surface area (Å²) >= 11 is 0. The van der Waals surface area contributed by atoms with Gasteiger partial charge in [0.1, 0.15) is 6.54 Å². The first-order valence-corrected chi connectivity index (χ1v) is 8.52. The van der Waals surface area contributed by atoms with Crippen molar-refractivity contribution in [2.24, 2.45) is 0 Å². The summed E-state index contributed by atoms with van der Waals surface area (Å²) in [5.41, 5.74) is 2.81. The highest BCUT2D eigenvalue weighted by atomic mass is 16.5. The maximum absolute atomic E-state index is 12.5. The van der Waals surface area contributed by atoms with Crippen LogP contribution in [-0.4, -0.2) is 25.6 Å². The number of rotatable bonds is 6. The van der Waals surface area contributed by atoms with Gasteiger partial charge in [0, 0.05) is 13.5 Å². The van der Waals surface area contributed by atoms with Crippen molar-refractivity contribution >= 4 is 28.8 Å². The van der Waals surface area contributed by atoms with E-state index >= 15 is 0 Å². The summed E-state index contributed by atoms with van der Waals surface area (Å²) in [7, 11) is 0. The van der Waals surface area contributed by atoms with E-state index in [1.165, 1.54) is 0 Å². The molecule has 8 nitrogen and oxygen atoms in total. The van der Waals surface area contributed by atoms with Crippen LogP contribution in [-0.2, 0) is 17.9 Å². The molecule has 4 rings (SSSR count). The fraction of sp³-hybridized carbons (Fsp3) is 0.158. The van der Waals surface area contributed by atoms with Crippen molar-refractivity contribution in [1.82, 2.24) is 19.7 Å². The minimum absolute atomic E-state index is 0.0746. The van der Waals surface area contributed by atoms with E-state index in [9.17, 15) is 4.79 Å². The van der Waals surface area contributed by atoms with Gasteiger partial charge in [-0.25, -0.2) is 4.98 Å². The fourth-order valence-electron chi connectivity index (χ4n) is 2.81. The van der Waals surface area contributed by atoms with Gasteiger partial charge in [-0.1, -0.05) is 42.5 Å². The maximum atomic E-state index is 12.5. The van der Waals surface area contributed by atoms with Crippen LogP contribution in [0.4, 0.5) is 11.9 Å². The monoisotopic (exact) mass is 362 g/mol. The van der Waals surface area contributed by atoms with Gasteiger partial charge in [-0.3, -0.25) is 10.1 Å². The van der Waals surface area contributed by atoms with Gasteiger partial charge in [-0.05, 0) is 22.9 Å². The number of nitrogens with one attached hydrogen (secondary N) is 2. The molecule has 0 aliphatic heterocycles. The van der Waals surface area contributed by atoms with Gasteiger partial charge >= 0.3 is 0 Å². The number of aryl methyl sites for hydroxylation is 1. The zero-order valence-corrected chi connectivity index (χ0v) is 14.7. The molecule has 136 valence electrons. The van der Waals surface area contributed by atoms with Crippen LogP contribution in [0, 0.1) is 6.92 Å². The number of carbonyl (C=O) groups is 1. The van der Waals surface area contributed by atoms with Crippen LogP contribution in [0.1, 0.15) is 11.5 Å². The summed E-state index contributed by atoms with van der Waals surface area (Å²) in [6, 6.07) is 17.7. The third kappa shape index (κ3) is 3.79. The Labute approximate surface area is 155 Å². The van der Waals surface area contributed by atoms with E-state index in [1.807, 2.05) is 59.2 Å². The van der Waals surface area contributed by atoms with Gasteiger partial charge in [0.15, 0.2) is 0 Å². The zero-order valence-electron chi connectivity index (χ0n) is 14.7. The van der Waals surface area contributed by atoms with Crippen molar-refractivity contribution in [2.75, 3.05) is 10.6 Å². The molecule has 0 aliphatic carbocycles. The van der Waals surface area contributed by atoms with E-state index in [0.717, 1.165) is 16.6 Å². The maximum Gasteiger partial charge on any atom is 0.270 e. The minimum Gasteiger partial charge on any atom is -0.352 e. The van der Waals surface area contributed by atoms with E-state index in [1.54, 1.807) is 6.92 Å². The second kappa shape index (κ2) is 7.28. The Balaban J connectivity index is 1.56. The fourth-order valence-corrected chi connectivity index (χ4v) is 2.81. The molecule has 8 heteroatoms. The van der Waals surface area contributed by atoms with E-state index in [0.29, 0.717) is 18.4 Å². The van der Waals surface area contributed by atoms with Crippen molar-refractivity contribution < 1.29 is 9.32 Å². The second-order valence-corrected chi connectivity index (χ2v) is 6.03. The molecule has 0 atom stereocenters. The number of benzene rings is 2. The van der Waals surface area contributed by atoms with E-state index in [-0.39, 0.29) is 18.4 Å². The molecule has 0 saturated carbocycles. The van der Waals surface area contributed by atoms with Gasteiger partial charge < -0.3 is 14.4 Å². The van der Waals surface area contributed by atoms with Crippen molar-refractivity contribution in [3.05, 3.63) is 66.1 Å². The number of hydrogen-bond acceptors (Lipinski definition) is 6. The largest absolute Gasteiger partial charge is 0.352 e. The van der Waals surface area contributed by atoms with Crippen LogP contribution < -0.4 is 10.6 Å². The summed E-state index contributed by atoms with van der Waals surface area (Å²) < 4.78 is 6.71. The smallest absolute Gasteiger partial charge is 0.270 e. The quantitative estimate of drug-likeness (QED) is 0.547. The van der Waals surface area contributed by atoms with Gasteiger partial charge in [-0.2, -0.15) is 4.98 Å². The van der Waals surface area contributed by atoms with Crippen LogP contribution in [0.25, 0.3) is 11.0 Å². The normalized spacial score (nSPS) is 10.9. The Morgan fingerprint density at radius 2 is 1.85 bits per heavy atom. The number of imidazole rings is 1. The lowest BCUT2D eigenvalue weighted by atomic mass is 10.2. The summed E-state index contributed by atoms with van der Waals surface area (Å²) in [6.45, 7) is 2.35. The van der Waals surface area contributed by atoms with Gasteiger partial charge in [0.05, 0.1) is 11.0 Å². The highest BCUT2D eigenvalue weighted by Gasteiger charge is 2.15. The molecule has 2 heterocycles. The van der Waals surface area contributed by atoms with Crippen molar-refractivity contribution in [3.63, 3.8) is 0 Å². The molecule has 27 heavy (non-hydrogen) atoms. The number of para-hydroxylation sites is 2. The van der Waals surface area contributed by atoms with E-state index in [2.05, 4.69) is 25.8 Å². The van der Waals surface area contributed by atoms with Crippen molar-refractivity contribution in [3.8, 4) is 0 Å². The molecular formula is C19H18N6O2. The Morgan fingerprint density at radius 3 is 2.63 bits per heavy atom. The predicted octanol–water partition coefficient (Wildman–Crippen LogP) is 2.98. The average Bonchev–Trinajstić information content (AvgIpc) is 3.24. The third-order valence-electron chi connectivity index (χ3n) is 4.03. The number of fused-ring (bicyclic) bond motifs is 1. The van der Waals surface area contributed by atoms with Crippen LogP contribution in [0.3, 0.4) is 0 Å². The summed E-state index contributed by atoms with van der Waals surface area (Å²) in [4.78, 5) is 21.1. The molecule has 0 fully saturated rings. The molecule has 2 N–H and O–H groups in total. The van der Waals surface area contributed by atoms with Crippen LogP contribution in [0.5, 0.6) is 0 Å².